The Labute approximate surface area is 183 Å². The highest BCUT2D eigenvalue weighted by atomic mass is 16.5. The summed E-state index contributed by atoms with van der Waals surface area (Å²) in [5.41, 5.74) is 2.82. The summed E-state index contributed by atoms with van der Waals surface area (Å²) < 4.78 is 6.57. The van der Waals surface area contributed by atoms with Gasteiger partial charge < -0.3 is 20.1 Å². The molecule has 0 spiro atoms. The summed E-state index contributed by atoms with van der Waals surface area (Å²) in [4.78, 5) is 15.2. The van der Waals surface area contributed by atoms with E-state index in [1.54, 1.807) is 0 Å². The number of likely N-dealkylation sites (N-methyl/N-ethyl adjacent to an activating group) is 2. The lowest BCUT2D eigenvalue weighted by molar-refractivity contribution is 0.0511. The Morgan fingerprint density at radius 2 is 1.90 bits per heavy atom. The van der Waals surface area contributed by atoms with Crippen molar-refractivity contribution in [1.29, 1.82) is 0 Å². The van der Waals surface area contributed by atoms with Gasteiger partial charge in [0.2, 0.25) is 0 Å². The number of carbonyl (C=O) groups is 1. The summed E-state index contributed by atoms with van der Waals surface area (Å²) in [6.07, 6.45) is 7.55. The number of ether oxygens (including phenoxy) is 1. The molecule has 170 valence electrons. The summed E-state index contributed by atoms with van der Waals surface area (Å²) in [5, 5.41) is 14.2. The molecule has 0 aliphatic carbocycles. The number of hydrogen-bond donors (Lipinski definition) is 2. The van der Waals surface area contributed by atoms with Crippen molar-refractivity contribution in [3.05, 3.63) is 22.3 Å². The highest BCUT2D eigenvalue weighted by Gasteiger charge is 2.37. The highest BCUT2D eigenvalue weighted by molar-refractivity contribution is 6.00. The number of unbranched alkanes of at least 4 members (excludes halogenated alkanes) is 3. The molecule has 1 aliphatic heterocycles. The fraction of sp³-hybridized carbons (Fsp3) is 0.720. The molecular weight excluding hydrogens is 376 g/mol. The number of fused-ring (bicyclic) bond motifs is 1. The molecule has 1 aromatic rings. The third-order valence-electron chi connectivity index (χ3n) is 6.57. The van der Waals surface area contributed by atoms with E-state index in [0.29, 0.717) is 18.7 Å². The molecule has 1 aromatic carbocycles. The predicted octanol–water partition coefficient (Wildman–Crippen LogP) is 5.13. The summed E-state index contributed by atoms with van der Waals surface area (Å²) in [7, 11) is 0. The van der Waals surface area contributed by atoms with Crippen molar-refractivity contribution >= 4 is 5.91 Å². The van der Waals surface area contributed by atoms with Crippen LogP contribution in [0.5, 0.6) is 11.5 Å². The van der Waals surface area contributed by atoms with Crippen LogP contribution in [0.1, 0.15) is 93.3 Å². The molecule has 0 aromatic heterocycles. The minimum absolute atomic E-state index is 0.0950. The van der Waals surface area contributed by atoms with E-state index in [1.807, 2.05) is 25.7 Å². The zero-order valence-corrected chi connectivity index (χ0v) is 20.0. The smallest absolute Gasteiger partial charge is 0.258 e. The molecule has 1 aliphatic rings. The highest BCUT2D eigenvalue weighted by Crippen LogP contribution is 2.45. The lowest BCUT2D eigenvalue weighted by Crippen LogP contribution is -2.40. The van der Waals surface area contributed by atoms with Gasteiger partial charge >= 0.3 is 0 Å². The number of nitrogens with zero attached hydrogens (tertiary/aromatic N) is 1. The van der Waals surface area contributed by atoms with Crippen molar-refractivity contribution in [2.24, 2.45) is 0 Å². The first-order valence-electron chi connectivity index (χ1n) is 11.8. The summed E-state index contributed by atoms with van der Waals surface area (Å²) in [6.45, 7) is 15.2. The number of aromatic hydroxyl groups is 1. The van der Waals surface area contributed by atoms with Crippen molar-refractivity contribution in [3.63, 3.8) is 0 Å². The van der Waals surface area contributed by atoms with Gasteiger partial charge in [-0.15, -0.1) is 0 Å². The molecule has 30 heavy (non-hydrogen) atoms. The molecule has 5 heteroatoms. The van der Waals surface area contributed by atoms with Gasteiger partial charge in [-0.05, 0) is 71.0 Å². The summed E-state index contributed by atoms with van der Waals surface area (Å²) in [6, 6.07) is 0. The Bertz CT molecular complexity index is 732. The maximum Gasteiger partial charge on any atom is 0.258 e. The van der Waals surface area contributed by atoms with Crippen LogP contribution in [0, 0.1) is 13.8 Å². The number of nitrogens with one attached hydrogen (secondary N) is 1. The maximum atomic E-state index is 13.4. The zero-order valence-electron chi connectivity index (χ0n) is 20.0. The molecule has 0 saturated heterocycles. The van der Waals surface area contributed by atoms with Gasteiger partial charge in [0.15, 0.2) is 0 Å². The Morgan fingerprint density at radius 1 is 1.17 bits per heavy atom. The molecule has 1 atom stereocenters. The van der Waals surface area contributed by atoms with Crippen LogP contribution in [0.25, 0.3) is 0 Å². The third-order valence-corrected chi connectivity index (χ3v) is 6.57. The van der Waals surface area contributed by atoms with E-state index in [0.717, 1.165) is 61.2 Å². The maximum absolute atomic E-state index is 13.4. The van der Waals surface area contributed by atoms with Gasteiger partial charge in [0.25, 0.3) is 5.91 Å². The SMILES string of the molecule is CCCCCCC1(C)CCc2c(c(C)c(C)c(O)c2C(=O)N(CC)CCNCC)O1. The second-order valence-corrected chi connectivity index (χ2v) is 8.88. The van der Waals surface area contributed by atoms with Crippen molar-refractivity contribution in [1.82, 2.24) is 10.2 Å². The van der Waals surface area contributed by atoms with E-state index in [-0.39, 0.29) is 17.3 Å². The van der Waals surface area contributed by atoms with Crippen LogP contribution in [-0.4, -0.2) is 47.7 Å². The first kappa shape index (κ1) is 24.5. The number of benzene rings is 1. The summed E-state index contributed by atoms with van der Waals surface area (Å²) >= 11 is 0. The lowest BCUT2D eigenvalue weighted by atomic mass is 9.84. The van der Waals surface area contributed by atoms with Gasteiger partial charge in [-0.2, -0.15) is 0 Å². The average molecular weight is 419 g/mol. The van der Waals surface area contributed by atoms with E-state index >= 15 is 0 Å². The average Bonchev–Trinajstić information content (AvgIpc) is 2.73. The molecule has 5 nitrogen and oxygen atoms in total. The quantitative estimate of drug-likeness (QED) is 0.489. The number of rotatable bonds is 11. The van der Waals surface area contributed by atoms with E-state index < -0.39 is 0 Å². The monoisotopic (exact) mass is 418 g/mol. The molecule has 1 heterocycles. The number of hydrogen-bond acceptors (Lipinski definition) is 4. The fourth-order valence-electron chi connectivity index (χ4n) is 4.37. The molecular formula is C25H42N2O3. The van der Waals surface area contributed by atoms with Gasteiger partial charge in [-0.1, -0.05) is 33.1 Å². The van der Waals surface area contributed by atoms with Crippen molar-refractivity contribution < 1.29 is 14.6 Å². The van der Waals surface area contributed by atoms with Crippen molar-refractivity contribution in [3.8, 4) is 11.5 Å². The van der Waals surface area contributed by atoms with Gasteiger partial charge in [0.05, 0.1) is 5.56 Å². The van der Waals surface area contributed by atoms with Gasteiger partial charge in [-0.3, -0.25) is 4.79 Å². The Kier molecular flexibility index (Phi) is 9.02. The van der Waals surface area contributed by atoms with E-state index in [9.17, 15) is 9.90 Å². The Hall–Kier alpha value is -1.75. The zero-order chi connectivity index (χ0) is 22.3. The molecule has 0 bridgehead atoms. The largest absolute Gasteiger partial charge is 0.507 e. The molecule has 1 amide bonds. The Morgan fingerprint density at radius 3 is 2.53 bits per heavy atom. The normalized spacial score (nSPS) is 18.1. The number of phenols is 1. The van der Waals surface area contributed by atoms with Crippen LogP contribution in [0.2, 0.25) is 0 Å². The van der Waals surface area contributed by atoms with Crippen molar-refractivity contribution in [2.45, 2.75) is 92.1 Å². The molecule has 0 fully saturated rings. The molecule has 0 radical (unpaired) electrons. The number of phenolic OH excluding ortho intramolecular Hbond substituents is 1. The first-order valence-corrected chi connectivity index (χ1v) is 11.8. The molecule has 2 N–H and O–H groups in total. The van der Waals surface area contributed by atoms with Gasteiger partial charge in [0.1, 0.15) is 17.1 Å². The minimum Gasteiger partial charge on any atom is -0.507 e. The molecule has 2 rings (SSSR count). The van der Waals surface area contributed by atoms with Crippen LogP contribution < -0.4 is 10.1 Å². The lowest BCUT2D eigenvalue weighted by Gasteiger charge is -2.38. The number of carbonyl (C=O) groups excluding carboxylic acids is 1. The Balaban J connectivity index is 2.33. The van der Waals surface area contributed by atoms with Gasteiger partial charge in [0, 0.05) is 25.2 Å². The molecule has 1 unspecified atom stereocenters. The summed E-state index contributed by atoms with van der Waals surface area (Å²) in [5.74, 6) is 0.844. The van der Waals surface area contributed by atoms with E-state index in [1.165, 1.54) is 19.3 Å². The van der Waals surface area contributed by atoms with Crippen LogP contribution in [0.3, 0.4) is 0 Å². The van der Waals surface area contributed by atoms with Crippen molar-refractivity contribution in [2.75, 3.05) is 26.2 Å². The molecule has 0 saturated carbocycles. The van der Waals surface area contributed by atoms with Crippen LogP contribution in [0.4, 0.5) is 0 Å². The van der Waals surface area contributed by atoms with Crippen LogP contribution in [-0.2, 0) is 6.42 Å². The fourth-order valence-corrected chi connectivity index (χ4v) is 4.37. The predicted molar refractivity (Wildman–Crippen MR) is 124 cm³/mol. The second kappa shape index (κ2) is 11.0. The van der Waals surface area contributed by atoms with Crippen LogP contribution in [0.15, 0.2) is 0 Å². The first-order chi connectivity index (χ1) is 14.3. The minimum atomic E-state index is -0.204. The number of amides is 1. The second-order valence-electron chi connectivity index (χ2n) is 8.88. The topological polar surface area (TPSA) is 61.8 Å². The van der Waals surface area contributed by atoms with Gasteiger partial charge in [-0.25, -0.2) is 0 Å². The standard InChI is InChI=1S/C25H42N2O3/c1-7-10-11-12-14-25(6)15-13-20-21(22(28)18(4)19(5)23(20)30-25)24(29)27(9-3)17-16-26-8-2/h26,28H,7-17H2,1-6H3. The van der Waals surface area contributed by atoms with E-state index in [2.05, 4.69) is 26.1 Å². The third kappa shape index (κ3) is 5.48. The van der Waals surface area contributed by atoms with E-state index in [4.69, 9.17) is 4.74 Å². The van der Waals surface area contributed by atoms with Crippen LogP contribution >= 0.6 is 0 Å².